The van der Waals surface area contributed by atoms with Crippen molar-refractivity contribution in [2.75, 3.05) is 0 Å². The van der Waals surface area contributed by atoms with Crippen molar-refractivity contribution >= 4 is 23.2 Å². The van der Waals surface area contributed by atoms with E-state index in [0.29, 0.717) is 5.01 Å². The number of nitrogens with two attached hydrogens (primary N) is 2. The third-order valence-corrected chi connectivity index (χ3v) is 2.96. The van der Waals surface area contributed by atoms with Crippen molar-refractivity contribution in [1.82, 2.24) is 10.3 Å². The van der Waals surface area contributed by atoms with Crippen LogP contribution in [0.1, 0.15) is 35.4 Å². The van der Waals surface area contributed by atoms with Crippen molar-refractivity contribution in [1.29, 1.82) is 0 Å². The molecule has 0 saturated carbocycles. The van der Waals surface area contributed by atoms with E-state index in [-0.39, 0.29) is 11.7 Å². The molecule has 16 heavy (non-hydrogen) atoms. The second-order valence-electron chi connectivity index (χ2n) is 3.46. The highest BCUT2D eigenvalue weighted by atomic mass is 32.1. The van der Waals surface area contributed by atoms with Crippen molar-refractivity contribution in [2.45, 2.75) is 25.9 Å². The van der Waals surface area contributed by atoms with E-state index in [1.165, 1.54) is 18.3 Å². The average Bonchev–Trinajstić information content (AvgIpc) is 2.65. The highest BCUT2D eigenvalue weighted by Crippen LogP contribution is 2.15. The Morgan fingerprint density at radius 1 is 1.50 bits per heavy atom. The maximum Gasteiger partial charge on any atom is 0.271 e. The normalized spacial score (nSPS) is 14.2. The highest BCUT2D eigenvalue weighted by Gasteiger charge is 2.16. The van der Waals surface area contributed by atoms with Crippen LogP contribution in [0.25, 0.3) is 0 Å². The molecule has 1 rings (SSSR count). The van der Waals surface area contributed by atoms with Gasteiger partial charge < -0.3 is 16.8 Å². The number of nitrogens with one attached hydrogen (secondary N) is 1. The van der Waals surface area contributed by atoms with Crippen molar-refractivity contribution in [3.8, 4) is 0 Å². The van der Waals surface area contributed by atoms with Gasteiger partial charge in [-0.15, -0.1) is 11.3 Å². The Hall–Kier alpha value is -1.47. The van der Waals surface area contributed by atoms with Gasteiger partial charge in [0.1, 0.15) is 16.7 Å². The van der Waals surface area contributed by atoms with E-state index >= 15 is 0 Å². The van der Waals surface area contributed by atoms with Crippen LogP contribution in [-0.4, -0.2) is 22.8 Å². The first-order chi connectivity index (χ1) is 7.41. The predicted octanol–water partition coefficient (Wildman–Crippen LogP) is -0.234. The summed E-state index contributed by atoms with van der Waals surface area (Å²) < 4.78 is 0. The molecule has 2 unspecified atom stereocenters. The fourth-order valence-electron chi connectivity index (χ4n) is 0.943. The van der Waals surface area contributed by atoms with Crippen LogP contribution in [0.2, 0.25) is 0 Å². The van der Waals surface area contributed by atoms with Crippen LogP contribution >= 0.6 is 11.3 Å². The third-order valence-electron chi connectivity index (χ3n) is 1.92. The van der Waals surface area contributed by atoms with Crippen molar-refractivity contribution in [2.24, 2.45) is 11.5 Å². The van der Waals surface area contributed by atoms with Gasteiger partial charge in [0.25, 0.3) is 5.91 Å². The van der Waals surface area contributed by atoms with Gasteiger partial charge in [-0.3, -0.25) is 9.59 Å². The minimum atomic E-state index is -0.715. The van der Waals surface area contributed by atoms with Gasteiger partial charge in [0.05, 0.1) is 6.04 Å². The van der Waals surface area contributed by atoms with E-state index in [1.54, 1.807) is 12.3 Å². The van der Waals surface area contributed by atoms with E-state index in [2.05, 4.69) is 10.3 Å². The van der Waals surface area contributed by atoms with E-state index in [1.807, 2.05) is 0 Å². The number of hydrogen-bond donors (Lipinski definition) is 3. The molecule has 2 atom stereocenters. The first kappa shape index (κ1) is 12.6. The number of primary amides is 1. The molecule has 0 aliphatic heterocycles. The fraction of sp³-hybridized carbons (Fsp3) is 0.444. The second kappa shape index (κ2) is 5.04. The smallest absolute Gasteiger partial charge is 0.271 e. The molecular weight excluding hydrogens is 228 g/mol. The summed E-state index contributed by atoms with van der Waals surface area (Å²) in [5, 5.41) is 4.71. The quantitative estimate of drug-likeness (QED) is 0.677. The summed E-state index contributed by atoms with van der Waals surface area (Å²) in [6, 6.07) is -0.923. The van der Waals surface area contributed by atoms with Crippen LogP contribution in [0.15, 0.2) is 5.38 Å². The Kier molecular flexibility index (Phi) is 3.97. The van der Waals surface area contributed by atoms with Crippen LogP contribution in [-0.2, 0) is 4.79 Å². The number of rotatable bonds is 4. The number of hydrogen-bond acceptors (Lipinski definition) is 5. The SMILES string of the molecule is CC(NC(=O)c1csc(C(C)N)n1)C(N)=O. The monoisotopic (exact) mass is 242 g/mol. The van der Waals surface area contributed by atoms with Gasteiger partial charge in [-0.1, -0.05) is 0 Å². The number of carbonyl (C=O) groups is 2. The van der Waals surface area contributed by atoms with Crippen LogP contribution in [0.5, 0.6) is 0 Å². The molecule has 5 N–H and O–H groups in total. The first-order valence-corrected chi connectivity index (χ1v) is 5.61. The van der Waals surface area contributed by atoms with E-state index in [0.717, 1.165) is 0 Å². The van der Waals surface area contributed by atoms with E-state index in [9.17, 15) is 9.59 Å². The standard InChI is InChI=1S/C9H14N4O2S/c1-4(10)9-13-6(3-16-9)8(15)12-5(2)7(11)14/h3-5H,10H2,1-2H3,(H2,11,14)(H,12,15). The zero-order chi connectivity index (χ0) is 12.3. The van der Waals surface area contributed by atoms with Gasteiger partial charge in [0.2, 0.25) is 5.91 Å². The summed E-state index contributed by atoms with van der Waals surface area (Å²) >= 11 is 1.31. The number of aromatic nitrogens is 1. The third kappa shape index (κ3) is 3.01. The lowest BCUT2D eigenvalue weighted by Gasteiger charge is -2.08. The van der Waals surface area contributed by atoms with Gasteiger partial charge in [-0.25, -0.2) is 4.98 Å². The van der Waals surface area contributed by atoms with Gasteiger partial charge in [0.15, 0.2) is 0 Å². The Morgan fingerprint density at radius 3 is 2.56 bits per heavy atom. The summed E-state index contributed by atoms with van der Waals surface area (Å²) in [6.45, 7) is 3.30. The number of nitrogens with zero attached hydrogens (tertiary/aromatic N) is 1. The van der Waals surface area contributed by atoms with Gasteiger partial charge in [-0.05, 0) is 13.8 Å². The summed E-state index contributed by atoms with van der Waals surface area (Å²) in [4.78, 5) is 26.4. The minimum Gasteiger partial charge on any atom is -0.368 e. The van der Waals surface area contributed by atoms with Crippen LogP contribution in [0, 0.1) is 0 Å². The Bertz CT molecular complexity index is 402. The molecule has 6 nitrogen and oxygen atoms in total. The number of thiazole rings is 1. The topological polar surface area (TPSA) is 111 Å². The first-order valence-electron chi connectivity index (χ1n) is 4.73. The summed E-state index contributed by atoms with van der Waals surface area (Å²) in [6.07, 6.45) is 0. The Morgan fingerprint density at radius 2 is 2.12 bits per heavy atom. The van der Waals surface area contributed by atoms with Gasteiger partial charge >= 0.3 is 0 Å². The maximum atomic E-state index is 11.6. The lowest BCUT2D eigenvalue weighted by Crippen LogP contribution is -2.42. The molecule has 0 spiro atoms. The zero-order valence-corrected chi connectivity index (χ0v) is 9.88. The molecule has 1 aromatic heterocycles. The van der Waals surface area contributed by atoms with Crippen molar-refractivity contribution in [3.63, 3.8) is 0 Å². The summed E-state index contributed by atoms with van der Waals surface area (Å²) in [5.41, 5.74) is 10.9. The average molecular weight is 242 g/mol. The predicted molar refractivity (Wildman–Crippen MR) is 60.8 cm³/mol. The summed E-state index contributed by atoms with van der Waals surface area (Å²) in [5.74, 6) is -1.01. The summed E-state index contributed by atoms with van der Waals surface area (Å²) in [7, 11) is 0. The molecule has 0 saturated heterocycles. The zero-order valence-electron chi connectivity index (χ0n) is 9.06. The van der Waals surface area contributed by atoms with Crippen LogP contribution in [0.3, 0.4) is 0 Å². The molecule has 0 fully saturated rings. The van der Waals surface area contributed by atoms with Gasteiger partial charge in [0, 0.05) is 5.38 Å². The Balaban J connectivity index is 2.70. The molecule has 7 heteroatoms. The van der Waals surface area contributed by atoms with Crippen LogP contribution in [0.4, 0.5) is 0 Å². The molecular formula is C9H14N4O2S. The molecule has 88 valence electrons. The second-order valence-corrected chi connectivity index (χ2v) is 4.35. The fourth-order valence-corrected chi connectivity index (χ4v) is 1.70. The minimum absolute atomic E-state index is 0.208. The molecule has 1 heterocycles. The largest absolute Gasteiger partial charge is 0.368 e. The molecule has 1 aromatic rings. The maximum absolute atomic E-state index is 11.6. The lowest BCUT2D eigenvalue weighted by atomic mass is 10.3. The molecule has 0 aromatic carbocycles. The molecule has 0 bridgehead atoms. The molecule has 2 amide bonds. The van der Waals surface area contributed by atoms with Crippen molar-refractivity contribution in [3.05, 3.63) is 16.1 Å². The van der Waals surface area contributed by atoms with E-state index in [4.69, 9.17) is 11.5 Å². The number of amides is 2. The Labute approximate surface area is 97.0 Å². The van der Waals surface area contributed by atoms with Gasteiger partial charge in [-0.2, -0.15) is 0 Å². The highest BCUT2D eigenvalue weighted by molar-refractivity contribution is 7.09. The van der Waals surface area contributed by atoms with E-state index < -0.39 is 17.9 Å². The number of carbonyl (C=O) groups excluding carboxylic acids is 2. The van der Waals surface area contributed by atoms with Crippen molar-refractivity contribution < 1.29 is 9.59 Å². The molecule has 0 radical (unpaired) electrons. The molecule has 0 aliphatic rings. The van der Waals surface area contributed by atoms with Crippen LogP contribution < -0.4 is 16.8 Å². The lowest BCUT2D eigenvalue weighted by molar-refractivity contribution is -0.119. The molecule has 0 aliphatic carbocycles.